The smallest absolute Gasteiger partial charge is 0.336 e. The zero-order valence-electron chi connectivity index (χ0n) is 10.8. The van der Waals surface area contributed by atoms with Gasteiger partial charge >= 0.3 is 6.18 Å². The molecule has 1 atom stereocenters. The van der Waals surface area contributed by atoms with Gasteiger partial charge in [0.2, 0.25) is 0 Å². The van der Waals surface area contributed by atoms with Gasteiger partial charge in [-0.05, 0) is 19.1 Å². The highest BCUT2D eigenvalue weighted by Crippen LogP contribution is 2.32. The van der Waals surface area contributed by atoms with E-state index in [1.54, 1.807) is 0 Å². The van der Waals surface area contributed by atoms with Crippen molar-refractivity contribution in [3.63, 3.8) is 0 Å². The minimum absolute atomic E-state index is 0.0292. The normalized spacial score (nSPS) is 20.1. The summed E-state index contributed by atoms with van der Waals surface area (Å²) in [6.45, 7) is 3.07. The van der Waals surface area contributed by atoms with Crippen molar-refractivity contribution < 1.29 is 22.4 Å². The third-order valence-electron chi connectivity index (χ3n) is 3.19. The van der Waals surface area contributed by atoms with E-state index in [9.17, 15) is 22.4 Å². The molecule has 20 heavy (non-hydrogen) atoms. The van der Waals surface area contributed by atoms with Gasteiger partial charge in [0.1, 0.15) is 5.82 Å². The number of piperazine rings is 1. The van der Waals surface area contributed by atoms with Gasteiger partial charge in [0, 0.05) is 25.7 Å². The summed E-state index contributed by atoms with van der Waals surface area (Å²) in [5.74, 6) is -2.21. The molecule has 1 aliphatic rings. The number of benzene rings is 1. The number of rotatable bonds is 1. The molecule has 1 fully saturated rings. The van der Waals surface area contributed by atoms with E-state index in [1.165, 1.54) is 4.90 Å². The topological polar surface area (TPSA) is 32.3 Å². The van der Waals surface area contributed by atoms with E-state index in [-0.39, 0.29) is 6.04 Å². The quantitative estimate of drug-likeness (QED) is 0.805. The Morgan fingerprint density at radius 1 is 1.40 bits per heavy atom. The van der Waals surface area contributed by atoms with Crippen LogP contribution in [-0.2, 0) is 6.18 Å². The molecule has 110 valence electrons. The van der Waals surface area contributed by atoms with Crippen LogP contribution in [-0.4, -0.2) is 36.5 Å². The second kappa shape index (κ2) is 5.40. The largest absolute Gasteiger partial charge is 0.419 e. The molecule has 3 nitrogen and oxygen atoms in total. The first kappa shape index (κ1) is 14.8. The molecule has 0 aromatic heterocycles. The van der Waals surface area contributed by atoms with E-state index >= 15 is 0 Å². The summed E-state index contributed by atoms with van der Waals surface area (Å²) >= 11 is 0. The van der Waals surface area contributed by atoms with Gasteiger partial charge in [-0.1, -0.05) is 6.07 Å². The lowest BCUT2D eigenvalue weighted by molar-refractivity contribution is -0.140. The number of nitrogens with zero attached hydrogens (tertiary/aromatic N) is 1. The summed E-state index contributed by atoms with van der Waals surface area (Å²) in [6, 6.07) is 2.79. The number of alkyl halides is 3. The first-order valence-corrected chi connectivity index (χ1v) is 6.19. The Balaban J connectivity index is 2.31. The molecule has 1 aromatic carbocycles. The number of nitrogens with one attached hydrogen (secondary N) is 1. The molecule has 0 spiro atoms. The van der Waals surface area contributed by atoms with E-state index < -0.39 is 29.0 Å². The maximum absolute atomic E-state index is 13.9. The van der Waals surface area contributed by atoms with Crippen LogP contribution < -0.4 is 5.32 Å². The van der Waals surface area contributed by atoms with Crippen LogP contribution in [0.25, 0.3) is 0 Å². The van der Waals surface area contributed by atoms with E-state index in [0.29, 0.717) is 25.7 Å². The van der Waals surface area contributed by atoms with Crippen molar-refractivity contribution in [2.45, 2.75) is 19.1 Å². The molecule has 0 saturated carbocycles. The molecule has 1 aliphatic heterocycles. The van der Waals surface area contributed by atoms with Crippen LogP contribution in [0.5, 0.6) is 0 Å². The van der Waals surface area contributed by atoms with Crippen LogP contribution in [0.3, 0.4) is 0 Å². The van der Waals surface area contributed by atoms with Crippen LogP contribution in [0, 0.1) is 5.82 Å². The van der Waals surface area contributed by atoms with Crippen LogP contribution in [0.15, 0.2) is 18.2 Å². The lowest BCUT2D eigenvalue weighted by atomic mass is 10.1. The molecule has 2 rings (SSSR count). The first-order valence-electron chi connectivity index (χ1n) is 6.19. The second-order valence-electron chi connectivity index (χ2n) is 4.77. The highest BCUT2D eigenvalue weighted by molar-refractivity contribution is 5.94. The molecule has 1 aromatic rings. The Kier molecular flexibility index (Phi) is 3.99. The van der Waals surface area contributed by atoms with Gasteiger partial charge in [0.05, 0.1) is 11.1 Å². The summed E-state index contributed by atoms with van der Waals surface area (Å²) in [5, 5.41) is 3.10. The number of halogens is 4. The van der Waals surface area contributed by atoms with E-state index in [1.807, 2.05) is 6.92 Å². The van der Waals surface area contributed by atoms with Crippen LogP contribution >= 0.6 is 0 Å². The molecule has 7 heteroatoms. The minimum atomic E-state index is -4.81. The minimum Gasteiger partial charge on any atom is -0.336 e. The monoisotopic (exact) mass is 290 g/mol. The number of amides is 1. The van der Waals surface area contributed by atoms with E-state index in [0.717, 1.165) is 12.1 Å². The molecule has 1 heterocycles. The van der Waals surface area contributed by atoms with Crippen molar-refractivity contribution in [1.82, 2.24) is 10.2 Å². The van der Waals surface area contributed by atoms with Crippen molar-refractivity contribution in [2.24, 2.45) is 0 Å². The predicted octanol–water partition coefficient (Wildman–Crippen LogP) is 2.28. The summed E-state index contributed by atoms with van der Waals surface area (Å²) in [7, 11) is 0. The summed E-state index contributed by atoms with van der Waals surface area (Å²) in [4.78, 5) is 13.5. The fraction of sp³-hybridized carbons (Fsp3) is 0.462. The molecule has 1 N–H and O–H groups in total. The van der Waals surface area contributed by atoms with Crippen molar-refractivity contribution in [2.75, 3.05) is 19.6 Å². The average Bonchev–Trinajstić information content (AvgIpc) is 2.37. The lowest BCUT2D eigenvalue weighted by Gasteiger charge is -2.32. The van der Waals surface area contributed by atoms with Gasteiger partial charge < -0.3 is 10.2 Å². The fourth-order valence-corrected chi connectivity index (χ4v) is 2.20. The Hall–Kier alpha value is -1.63. The average molecular weight is 290 g/mol. The maximum Gasteiger partial charge on any atom is 0.419 e. The maximum atomic E-state index is 13.9. The SMILES string of the molecule is C[C@@H]1CN(C(=O)c2cccc(C(F)(F)F)c2F)CCN1. The number of carbonyl (C=O) groups excluding carboxylic acids is 1. The second-order valence-corrected chi connectivity index (χ2v) is 4.77. The summed E-state index contributed by atoms with van der Waals surface area (Å²) in [5.41, 5.74) is -1.94. The zero-order chi connectivity index (χ0) is 14.9. The van der Waals surface area contributed by atoms with Gasteiger partial charge in [0.15, 0.2) is 0 Å². The molecular weight excluding hydrogens is 276 g/mol. The summed E-state index contributed by atoms with van der Waals surface area (Å²) < 4.78 is 51.8. The van der Waals surface area contributed by atoms with Gasteiger partial charge in [-0.25, -0.2) is 4.39 Å². The van der Waals surface area contributed by atoms with Crippen molar-refractivity contribution in [1.29, 1.82) is 0 Å². The molecule has 0 aliphatic carbocycles. The third-order valence-corrected chi connectivity index (χ3v) is 3.19. The Labute approximate surface area is 113 Å². The van der Waals surface area contributed by atoms with Crippen molar-refractivity contribution >= 4 is 5.91 Å². The van der Waals surface area contributed by atoms with E-state index in [2.05, 4.69) is 5.32 Å². The molecule has 1 saturated heterocycles. The third kappa shape index (κ3) is 2.92. The zero-order valence-corrected chi connectivity index (χ0v) is 10.8. The molecule has 0 unspecified atom stereocenters. The van der Waals surface area contributed by atoms with Crippen molar-refractivity contribution in [3.05, 3.63) is 35.1 Å². The molecular formula is C13H14F4N2O. The van der Waals surface area contributed by atoms with Crippen LogP contribution in [0.2, 0.25) is 0 Å². The van der Waals surface area contributed by atoms with Crippen LogP contribution in [0.4, 0.5) is 17.6 Å². The summed E-state index contributed by atoms with van der Waals surface area (Å²) in [6.07, 6.45) is -4.81. The highest BCUT2D eigenvalue weighted by Gasteiger charge is 2.36. The van der Waals surface area contributed by atoms with Gasteiger partial charge in [-0.3, -0.25) is 4.79 Å². The lowest BCUT2D eigenvalue weighted by Crippen LogP contribution is -2.51. The molecule has 0 radical (unpaired) electrons. The highest BCUT2D eigenvalue weighted by atomic mass is 19.4. The van der Waals surface area contributed by atoms with Crippen LogP contribution in [0.1, 0.15) is 22.8 Å². The fourth-order valence-electron chi connectivity index (χ4n) is 2.20. The Bertz CT molecular complexity index is 516. The Morgan fingerprint density at radius 2 is 2.10 bits per heavy atom. The van der Waals surface area contributed by atoms with E-state index in [4.69, 9.17) is 0 Å². The van der Waals surface area contributed by atoms with Crippen molar-refractivity contribution in [3.8, 4) is 0 Å². The van der Waals surface area contributed by atoms with Gasteiger partial charge in [0.25, 0.3) is 5.91 Å². The standard InChI is InChI=1S/C13H14F4N2O/c1-8-7-19(6-5-18-8)12(20)9-3-2-4-10(11(9)14)13(15,16)17/h2-4,8,18H,5-7H2,1H3/t8-/m1/s1. The molecule has 1 amide bonds. The van der Waals surface area contributed by atoms with Gasteiger partial charge in [-0.2, -0.15) is 13.2 Å². The molecule has 0 bridgehead atoms. The first-order chi connectivity index (χ1) is 9.30. The number of hydrogen-bond donors (Lipinski definition) is 1. The predicted molar refractivity (Wildman–Crippen MR) is 64.8 cm³/mol. The van der Waals surface area contributed by atoms with Gasteiger partial charge in [-0.15, -0.1) is 0 Å². The Morgan fingerprint density at radius 3 is 2.70 bits per heavy atom. The number of carbonyl (C=O) groups is 1. The number of hydrogen-bond acceptors (Lipinski definition) is 2.